The van der Waals surface area contributed by atoms with Crippen molar-refractivity contribution in [1.29, 1.82) is 0 Å². The molecule has 0 unspecified atom stereocenters. The van der Waals surface area contributed by atoms with Gasteiger partial charge in [0.05, 0.1) is 21.7 Å². The number of thiazole rings is 1. The van der Waals surface area contributed by atoms with Crippen molar-refractivity contribution in [3.63, 3.8) is 0 Å². The average Bonchev–Trinajstić information content (AvgIpc) is 2.96. The van der Waals surface area contributed by atoms with E-state index in [2.05, 4.69) is 25.8 Å². The van der Waals surface area contributed by atoms with Crippen LogP contribution in [0.5, 0.6) is 0 Å². The summed E-state index contributed by atoms with van der Waals surface area (Å²) in [6.45, 7) is 6.59. The van der Waals surface area contributed by atoms with Crippen molar-refractivity contribution >= 4 is 31.6 Å². The lowest BCUT2D eigenvalue weighted by molar-refractivity contribution is 0.466. The lowest BCUT2D eigenvalue weighted by Gasteiger charge is -2.20. The summed E-state index contributed by atoms with van der Waals surface area (Å²) < 4.78 is 28.1. The SMILES string of the molecule is CN(Cc1nc2ccccc2s1)S(=O)(=O)c1ccc(C(C)(C)C)cc1. The quantitative estimate of drug-likeness (QED) is 0.679. The number of benzene rings is 2. The summed E-state index contributed by atoms with van der Waals surface area (Å²) in [6, 6.07) is 15.0. The third-order valence-electron chi connectivity index (χ3n) is 4.12. The number of hydrogen-bond acceptors (Lipinski definition) is 4. The molecule has 0 bridgehead atoms. The molecule has 2 aromatic carbocycles. The number of fused-ring (bicyclic) bond motifs is 1. The zero-order chi connectivity index (χ0) is 18.2. The highest BCUT2D eigenvalue weighted by molar-refractivity contribution is 7.89. The molecule has 0 spiro atoms. The van der Waals surface area contributed by atoms with Crippen molar-refractivity contribution in [2.75, 3.05) is 7.05 Å². The van der Waals surface area contributed by atoms with Gasteiger partial charge in [-0.3, -0.25) is 0 Å². The van der Waals surface area contributed by atoms with Crippen LogP contribution in [0.25, 0.3) is 10.2 Å². The topological polar surface area (TPSA) is 50.3 Å². The van der Waals surface area contributed by atoms with Gasteiger partial charge in [0.1, 0.15) is 5.01 Å². The molecule has 0 saturated carbocycles. The Labute approximate surface area is 153 Å². The summed E-state index contributed by atoms with van der Waals surface area (Å²) in [5.74, 6) is 0. The van der Waals surface area contributed by atoms with Gasteiger partial charge in [-0.1, -0.05) is 45.0 Å². The summed E-state index contributed by atoms with van der Waals surface area (Å²) in [5.41, 5.74) is 2.01. The highest BCUT2D eigenvalue weighted by Crippen LogP contribution is 2.26. The molecule has 25 heavy (non-hydrogen) atoms. The van der Waals surface area contributed by atoms with Crippen LogP contribution in [0.2, 0.25) is 0 Å². The Hall–Kier alpha value is -1.76. The van der Waals surface area contributed by atoms with E-state index in [-0.39, 0.29) is 12.0 Å². The number of para-hydroxylation sites is 1. The monoisotopic (exact) mass is 374 g/mol. The van der Waals surface area contributed by atoms with Crippen LogP contribution in [0.3, 0.4) is 0 Å². The van der Waals surface area contributed by atoms with Crippen molar-refractivity contribution < 1.29 is 8.42 Å². The fourth-order valence-electron chi connectivity index (χ4n) is 2.57. The van der Waals surface area contributed by atoms with Gasteiger partial charge in [0.25, 0.3) is 0 Å². The standard InChI is InChI=1S/C19H22N2O2S2/c1-19(2,3)14-9-11-15(12-10-14)25(22,23)21(4)13-18-20-16-7-5-6-8-17(16)24-18/h5-12H,13H2,1-4H3. The Morgan fingerprint density at radius 1 is 1.04 bits per heavy atom. The Balaban J connectivity index is 1.83. The van der Waals surface area contributed by atoms with Gasteiger partial charge in [-0.15, -0.1) is 11.3 Å². The Morgan fingerprint density at radius 3 is 2.28 bits per heavy atom. The van der Waals surface area contributed by atoms with E-state index < -0.39 is 10.0 Å². The second kappa shape index (κ2) is 6.52. The van der Waals surface area contributed by atoms with E-state index in [9.17, 15) is 8.42 Å². The Morgan fingerprint density at radius 2 is 1.68 bits per heavy atom. The highest BCUT2D eigenvalue weighted by atomic mass is 32.2. The molecule has 4 nitrogen and oxygen atoms in total. The molecule has 0 N–H and O–H groups in total. The van der Waals surface area contributed by atoms with Crippen molar-refractivity contribution in [2.45, 2.75) is 37.6 Å². The van der Waals surface area contributed by atoms with Gasteiger partial charge >= 0.3 is 0 Å². The average molecular weight is 375 g/mol. The molecule has 0 fully saturated rings. The molecule has 132 valence electrons. The van der Waals surface area contributed by atoms with E-state index >= 15 is 0 Å². The first-order chi connectivity index (χ1) is 11.7. The zero-order valence-electron chi connectivity index (χ0n) is 14.9. The molecule has 1 aromatic heterocycles. The number of aromatic nitrogens is 1. The van der Waals surface area contributed by atoms with Gasteiger partial charge in [0.2, 0.25) is 10.0 Å². The molecule has 0 aliphatic rings. The first-order valence-corrected chi connectivity index (χ1v) is 10.3. The van der Waals surface area contributed by atoms with Gasteiger partial charge < -0.3 is 0 Å². The maximum atomic E-state index is 12.8. The second-order valence-electron chi connectivity index (χ2n) is 7.11. The molecule has 1 heterocycles. The van der Waals surface area contributed by atoms with E-state index in [4.69, 9.17) is 0 Å². The predicted octanol–water partition coefficient (Wildman–Crippen LogP) is 4.41. The Kier molecular flexibility index (Phi) is 4.70. The number of rotatable bonds is 4. The van der Waals surface area contributed by atoms with Gasteiger partial charge in [-0.2, -0.15) is 4.31 Å². The molecular weight excluding hydrogens is 352 g/mol. The summed E-state index contributed by atoms with van der Waals surface area (Å²) in [6.07, 6.45) is 0. The number of sulfonamides is 1. The molecule has 0 aliphatic heterocycles. The third-order valence-corrected chi connectivity index (χ3v) is 6.96. The molecule has 0 radical (unpaired) electrons. The minimum atomic E-state index is -3.54. The van der Waals surface area contributed by atoms with Crippen LogP contribution < -0.4 is 0 Å². The molecule has 3 aromatic rings. The van der Waals surface area contributed by atoms with Gasteiger partial charge in [0.15, 0.2) is 0 Å². The van der Waals surface area contributed by atoms with Crippen LogP contribution in [0, 0.1) is 0 Å². The fraction of sp³-hybridized carbons (Fsp3) is 0.316. The summed E-state index contributed by atoms with van der Waals surface area (Å²) in [7, 11) is -1.94. The van der Waals surface area contributed by atoms with Crippen LogP contribution in [0.15, 0.2) is 53.4 Å². The minimum absolute atomic E-state index is 0.00477. The molecule has 3 rings (SSSR count). The third kappa shape index (κ3) is 3.76. The first kappa shape index (κ1) is 18.0. The minimum Gasteiger partial charge on any atom is -0.240 e. The highest BCUT2D eigenvalue weighted by Gasteiger charge is 2.23. The van der Waals surface area contributed by atoms with Crippen molar-refractivity contribution in [3.8, 4) is 0 Å². The molecule has 6 heteroatoms. The molecule has 0 amide bonds. The molecular formula is C19H22N2O2S2. The van der Waals surface area contributed by atoms with E-state index in [1.165, 1.54) is 15.6 Å². The van der Waals surface area contributed by atoms with Crippen molar-refractivity contribution in [1.82, 2.24) is 9.29 Å². The van der Waals surface area contributed by atoms with Gasteiger partial charge in [-0.05, 0) is 35.2 Å². The summed E-state index contributed by atoms with van der Waals surface area (Å²) in [5, 5.41) is 0.790. The molecule has 0 saturated heterocycles. The van der Waals surface area contributed by atoms with E-state index in [1.807, 2.05) is 36.4 Å². The lowest BCUT2D eigenvalue weighted by atomic mass is 9.87. The van der Waals surface area contributed by atoms with E-state index in [0.29, 0.717) is 4.90 Å². The first-order valence-electron chi connectivity index (χ1n) is 8.09. The van der Waals surface area contributed by atoms with Crippen LogP contribution in [0.4, 0.5) is 0 Å². The maximum absolute atomic E-state index is 12.8. The van der Waals surface area contributed by atoms with Crippen molar-refractivity contribution in [3.05, 3.63) is 59.1 Å². The van der Waals surface area contributed by atoms with Crippen LogP contribution in [-0.4, -0.2) is 24.8 Å². The summed E-state index contributed by atoms with van der Waals surface area (Å²) in [4.78, 5) is 4.83. The van der Waals surface area contributed by atoms with Gasteiger partial charge in [-0.25, -0.2) is 13.4 Å². The largest absolute Gasteiger partial charge is 0.243 e. The van der Waals surface area contributed by atoms with Crippen LogP contribution in [-0.2, 0) is 22.0 Å². The lowest BCUT2D eigenvalue weighted by Crippen LogP contribution is -2.26. The summed E-state index contributed by atoms with van der Waals surface area (Å²) >= 11 is 1.53. The smallest absolute Gasteiger partial charge is 0.240 e. The zero-order valence-corrected chi connectivity index (χ0v) is 16.5. The van der Waals surface area contributed by atoms with Gasteiger partial charge in [0, 0.05) is 7.05 Å². The van der Waals surface area contributed by atoms with Crippen molar-refractivity contribution in [2.24, 2.45) is 0 Å². The fourth-order valence-corrected chi connectivity index (χ4v) is 4.80. The Bertz CT molecular complexity index is 951. The van der Waals surface area contributed by atoms with E-state index in [1.54, 1.807) is 19.2 Å². The molecule has 0 atom stereocenters. The van der Waals surface area contributed by atoms with Crippen LogP contribution >= 0.6 is 11.3 Å². The van der Waals surface area contributed by atoms with Crippen LogP contribution in [0.1, 0.15) is 31.3 Å². The second-order valence-corrected chi connectivity index (χ2v) is 10.3. The van der Waals surface area contributed by atoms with E-state index in [0.717, 1.165) is 20.8 Å². The normalized spacial score (nSPS) is 12.8. The maximum Gasteiger partial charge on any atom is 0.243 e. The number of hydrogen-bond donors (Lipinski definition) is 0. The molecule has 0 aliphatic carbocycles. The predicted molar refractivity (Wildman–Crippen MR) is 103 cm³/mol. The number of nitrogens with zero attached hydrogens (tertiary/aromatic N) is 2.